The maximum Gasteiger partial charge on any atom is 0.0677 e. The van der Waals surface area contributed by atoms with E-state index in [1.807, 2.05) is 6.92 Å². The van der Waals surface area contributed by atoms with Crippen LogP contribution in [0.2, 0.25) is 0 Å². The van der Waals surface area contributed by atoms with Crippen molar-refractivity contribution in [3.8, 4) is 0 Å². The van der Waals surface area contributed by atoms with Gasteiger partial charge in [-0.15, -0.1) is 0 Å². The highest BCUT2D eigenvalue weighted by atomic mass is 16.3. The molecule has 0 radical (unpaired) electrons. The summed E-state index contributed by atoms with van der Waals surface area (Å²) in [7, 11) is 0. The summed E-state index contributed by atoms with van der Waals surface area (Å²) in [4.78, 5) is 0. The molecular formula is C15H28O2. The second kappa shape index (κ2) is 4.24. The Bertz CT molecular complexity index is 285. The van der Waals surface area contributed by atoms with Gasteiger partial charge in [-0.3, -0.25) is 0 Å². The van der Waals surface area contributed by atoms with Gasteiger partial charge in [-0.1, -0.05) is 27.2 Å². The molecule has 0 aromatic carbocycles. The van der Waals surface area contributed by atoms with Gasteiger partial charge >= 0.3 is 0 Å². The van der Waals surface area contributed by atoms with Crippen LogP contribution in [-0.4, -0.2) is 21.9 Å². The predicted octanol–water partition coefficient (Wildman–Crippen LogP) is 2.97. The molecule has 0 saturated heterocycles. The SMILES string of the molecule is CC(C)[C@H]1CC[C@]2(C)CCC[C@](C)(O)[C@H]2[C@@H]1O. The van der Waals surface area contributed by atoms with Crippen LogP contribution in [0.3, 0.4) is 0 Å². The number of aliphatic hydroxyl groups is 2. The molecule has 5 atom stereocenters. The quantitative estimate of drug-likeness (QED) is 0.740. The van der Waals surface area contributed by atoms with Crippen LogP contribution in [0, 0.1) is 23.2 Å². The maximum absolute atomic E-state index is 10.7. The summed E-state index contributed by atoms with van der Waals surface area (Å²) in [5.74, 6) is 0.926. The van der Waals surface area contributed by atoms with E-state index < -0.39 is 5.60 Å². The Hall–Kier alpha value is -0.0800. The van der Waals surface area contributed by atoms with Gasteiger partial charge in [-0.2, -0.15) is 0 Å². The zero-order valence-corrected chi connectivity index (χ0v) is 11.7. The first-order valence-electron chi connectivity index (χ1n) is 7.18. The minimum atomic E-state index is -0.681. The minimum Gasteiger partial charge on any atom is -0.392 e. The van der Waals surface area contributed by atoms with Crippen LogP contribution in [0.4, 0.5) is 0 Å². The van der Waals surface area contributed by atoms with Crippen molar-refractivity contribution < 1.29 is 10.2 Å². The Kier molecular flexibility index (Phi) is 3.33. The summed E-state index contributed by atoms with van der Waals surface area (Å²) in [6.07, 6.45) is 5.04. The van der Waals surface area contributed by atoms with Crippen LogP contribution in [0.15, 0.2) is 0 Å². The second-order valence-electron chi connectivity index (χ2n) is 7.28. The smallest absolute Gasteiger partial charge is 0.0677 e. The molecule has 0 heterocycles. The third-order valence-electron chi connectivity index (χ3n) is 5.54. The van der Waals surface area contributed by atoms with E-state index >= 15 is 0 Å². The standard InChI is InChI=1S/C15H28O2/c1-10(2)11-6-9-14(3)7-5-8-15(4,17)13(14)12(11)16/h10-13,16-17H,5-9H2,1-4H3/t11-,12-,13+,14+,15+/m1/s1. The molecule has 2 aliphatic carbocycles. The fraction of sp³-hybridized carbons (Fsp3) is 1.00. The molecule has 0 aliphatic heterocycles. The molecule has 0 amide bonds. The van der Waals surface area contributed by atoms with E-state index in [0.717, 1.165) is 32.1 Å². The van der Waals surface area contributed by atoms with Crippen molar-refractivity contribution in [3.05, 3.63) is 0 Å². The van der Waals surface area contributed by atoms with Gasteiger partial charge in [0.2, 0.25) is 0 Å². The molecule has 17 heavy (non-hydrogen) atoms. The number of fused-ring (bicyclic) bond motifs is 1. The fourth-order valence-electron chi connectivity index (χ4n) is 4.61. The molecule has 2 nitrogen and oxygen atoms in total. The van der Waals surface area contributed by atoms with E-state index in [1.165, 1.54) is 0 Å². The van der Waals surface area contributed by atoms with E-state index in [-0.39, 0.29) is 17.4 Å². The molecule has 0 bridgehead atoms. The first-order valence-corrected chi connectivity index (χ1v) is 7.18. The van der Waals surface area contributed by atoms with E-state index in [2.05, 4.69) is 20.8 Å². The van der Waals surface area contributed by atoms with E-state index in [4.69, 9.17) is 0 Å². The van der Waals surface area contributed by atoms with Gasteiger partial charge in [0.1, 0.15) is 0 Å². The highest BCUT2D eigenvalue weighted by Gasteiger charge is 2.55. The Morgan fingerprint density at radius 2 is 1.76 bits per heavy atom. The average molecular weight is 240 g/mol. The third kappa shape index (κ3) is 2.15. The van der Waals surface area contributed by atoms with Gasteiger partial charge in [0.25, 0.3) is 0 Å². The Balaban J connectivity index is 2.29. The molecule has 2 heteroatoms. The molecule has 0 unspecified atom stereocenters. The Morgan fingerprint density at radius 3 is 2.35 bits per heavy atom. The van der Waals surface area contributed by atoms with Crippen molar-refractivity contribution in [2.45, 2.75) is 71.5 Å². The molecule has 2 N–H and O–H groups in total. The topological polar surface area (TPSA) is 40.5 Å². The van der Waals surface area contributed by atoms with Crippen LogP contribution in [0.1, 0.15) is 59.8 Å². The highest BCUT2D eigenvalue weighted by molar-refractivity contribution is 5.05. The van der Waals surface area contributed by atoms with E-state index in [0.29, 0.717) is 11.8 Å². The lowest BCUT2D eigenvalue weighted by atomic mass is 9.51. The zero-order chi connectivity index (χ0) is 12.8. The van der Waals surface area contributed by atoms with Crippen molar-refractivity contribution in [3.63, 3.8) is 0 Å². The Morgan fingerprint density at radius 1 is 1.12 bits per heavy atom. The minimum absolute atomic E-state index is 0.0601. The van der Waals surface area contributed by atoms with Gasteiger partial charge in [-0.05, 0) is 49.9 Å². The van der Waals surface area contributed by atoms with Crippen LogP contribution in [-0.2, 0) is 0 Å². The van der Waals surface area contributed by atoms with Gasteiger partial charge in [0.15, 0.2) is 0 Å². The van der Waals surface area contributed by atoms with Gasteiger partial charge < -0.3 is 10.2 Å². The molecule has 0 spiro atoms. The molecule has 2 fully saturated rings. The first kappa shape index (κ1) is 13.4. The maximum atomic E-state index is 10.7. The predicted molar refractivity (Wildman–Crippen MR) is 69.6 cm³/mol. The van der Waals surface area contributed by atoms with Crippen molar-refractivity contribution in [1.29, 1.82) is 0 Å². The van der Waals surface area contributed by atoms with E-state index in [9.17, 15) is 10.2 Å². The van der Waals surface area contributed by atoms with Crippen LogP contribution in [0.25, 0.3) is 0 Å². The summed E-state index contributed by atoms with van der Waals surface area (Å²) < 4.78 is 0. The normalized spacial score (nSPS) is 51.4. The largest absolute Gasteiger partial charge is 0.392 e. The number of hydrogen-bond acceptors (Lipinski definition) is 2. The molecule has 100 valence electrons. The molecule has 2 aliphatic rings. The molecule has 2 rings (SSSR count). The monoisotopic (exact) mass is 240 g/mol. The number of aliphatic hydroxyl groups excluding tert-OH is 1. The van der Waals surface area contributed by atoms with Crippen molar-refractivity contribution >= 4 is 0 Å². The zero-order valence-electron chi connectivity index (χ0n) is 11.7. The lowest BCUT2D eigenvalue weighted by Gasteiger charge is -2.57. The van der Waals surface area contributed by atoms with Gasteiger partial charge in [0.05, 0.1) is 11.7 Å². The summed E-state index contributed by atoms with van der Waals surface area (Å²) in [5.41, 5.74) is -0.535. The molecule has 0 aromatic heterocycles. The van der Waals surface area contributed by atoms with Gasteiger partial charge in [-0.25, -0.2) is 0 Å². The van der Waals surface area contributed by atoms with Crippen LogP contribution >= 0.6 is 0 Å². The van der Waals surface area contributed by atoms with Crippen molar-refractivity contribution in [2.24, 2.45) is 23.2 Å². The number of rotatable bonds is 1. The average Bonchev–Trinajstić information content (AvgIpc) is 2.14. The molecular weight excluding hydrogens is 212 g/mol. The van der Waals surface area contributed by atoms with E-state index in [1.54, 1.807) is 0 Å². The Labute approximate surface area is 105 Å². The number of hydrogen-bond donors (Lipinski definition) is 2. The first-order chi connectivity index (χ1) is 7.78. The van der Waals surface area contributed by atoms with Crippen molar-refractivity contribution in [1.82, 2.24) is 0 Å². The summed E-state index contributed by atoms with van der Waals surface area (Å²) >= 11 is 0. The lowest BCUT2D eigenvalue weighted by Crippen LogP contribution is -2.58. The van der Waals surface area contributed by atoms with Gasteiger partial charge in [0, 0.05) is 5.92 Å². The molecule has 2 saturated carbocycles. The summed E-state index contributed by atoms with van der Waals surface area (Å²) in [5, 5.41) is 21.3. The van der Waals surface area contributed by atoms with Crippen molar-refractivity contribution in [2.75, 3.05) is 0 Å². The third-order valence-corrected chi connectivity index (χ3v) is 5.54. The fourth-order valence-corrected chi connectivity index (χ4v) is 4.61. The summed E-state index contributed by atoms with van der Waals surface area (Å²) in [6.45, 7) is 8.58. The second-order valence-corrected chi connectivity index (χ2v) is 7.28. The molecule has 0 aromatic rings. The van der Waals surface area contributed by atoms with Crippen LogP contribution in [0.5, 0.6) is 0 Å². The van der Waals surface area contributed by atoms with Crippen LogP contribution < -0.4 is 0 Å². The summed E-state index contributed by atoms with van der Waals surface area (Å²) in [6, 6.07) is 0. The lowest BCUT2D eigenvalue weighted by molar-refractivity contribution is -0.184. The highest BCUT2D eigenvalue weighted by Crippen LogP contribution is 2.56.